The highest BCUT2D eigenvalue weighted by Gasteiger charge is 2.38. The van der Waals surface area contributed by atoms with Crippen LogP contribution in [0.1, 0.15) is 6.92 Å². The third-order valence-electron chi connectivity index (χ3n) is 2.15. The fourth-order valence-corrected chi connectivity index (χ4v) is 1.87. The molecule has 0 aliphatic carbocycles. The number of aliphatic hydroxyl groups is 1. The number of rotatable bonds is 1. The van der Waals surface area contributed by atoms with Gasteiger partial charge in [0.2, 0.25) is 0 Å². The second kappa shape index (κ2) is 3.17. The second-order valence-corrected chi connectivity index (χ2v) is 4.73. The summed E-state index contributed by atoms with van der Waals surface area (Å²) in [4.78, 5) is 5.67. The molecule has 0 bridgehead atoms. The molecule has 1 saturated heterocycles. The van der Waals surface area contributed by atoms with Gasteiger partial charge in [0.1, 0.15) is 0 Å². The molecule has 0 atom stereocenters. The fourth-order valence-electron chi connectivity index (χ4n) is 1.57. The molecular formula is C9H10BrFN2O. The minimum Gasteiger partial charge on any atom is -0.386 e. The van der Waals surface area contributed by atoms with Crippen LogP contribution in [0.15, 0.2) is 16.7 Å². The van der Waals surface area contributed by atoms with E-state index in [1.165, 1.54) is 6.07 Å². The molecule has 76 valence electrons. The van der Waals surface area contributed by atoms with E-state index in [2.05, 4.69) is 20.9 Å². The first-order chi connectivity index (χ1) is 6.48. The summed E-state index contributed by atoms with van der Waals surface area (Å²) in [5, 5.41) is 9.49. The van der Waals surface area contributed by atoms with Gasteiger partial charge < -0.3 is 10.0 Å². The van der Waals surface area contributed by atoms with Crippen LogP contribution in [0.4, 0.5) is 10.2 Å². The van der Waals surface area contributed by atoms with E-state index < -0.39 is 5.60 Å². The van der Waals surface area contributed by atoms with E-state index in [1.807, 2.05) is 0 Å². The van der Waals surface area contributed by atoms with Crippen molar-refractivity contribution < 1.29 is 9.50 Å². The van der Waals surface area contributed by atoms with E-state index in [0.29, 0.717) is 23.4 Å². The number of hydrogen-bond acceptors (Lipinski definition) is 3. The summed E-state index contributed by atoms with van der Waals surface area (Å²) in [6.07, 6.45) is 1.55. The molecule has 0 radical (unpaired) electrons. The van der Waals surface area contributed by atoms with Gasteiger partial charge in [-0.2, -0.15) is 0 Å². The third kappa shape index (κ3) is 1.74. The van der Waals surface area contributed by atoms with Crippen molar-refractivity contribution in [3.8, 4) is 0 Å². The summed E-state index contributed by atoms with van der Waals surface area (Å²) in [5.41, 5.74) is -0.707. The van der Waals surface area contributed by atoms with Gasteiger partial charge in [-0.1, -0.05) is 0 Å². The summed E-state index contributed by atoms with van der Waals surface area (Å²) >= 11 is 3.14. The van der Waals surface area contributed by atoms with Crippen LogP contribution >= 0.6 is 15.9 Å². The predicted molar refractivity (Wildman–Crippen MR) is 54.7 cm³/mol. The zero-order chi connectivity index (χ0) is 10.3. The Bertz CT molecular complexity index is 362. The minimum atomic E-state index is -0.707. The molecule has 0 amide bonds. The Kier molecular flexibility index (Phi) is 2.23. The Morgan fingerprint density at radius 2 is 2.29 bits per heavy atom. The predicted octanol–water partition coefficient (Wildman–Crippen LogP) is 1.55. The number of pyridine rings is 1. The Hall–Kier alpha value is -0.680. The normalized spacial score (nSPS) is 19.3. The lowest BCUT2D eigenvalue weighted by molar-refractivity contribution is 0.0301. The lowest BCUT2D eigenvalue weighted by atomic mass is 9.97. The topological polar surface area (TPSA) is 36.4 Å². The molecule has 0 saturated carbocycles. The molecule has 1 aromatic heterocycles. The number of hydrogen-bond donors (Lipinski definition) is 1. The van der Waals surface area contributed by atoms with Crippen LogP contribution in [0.2, 0.25) is 0 Å². The van der Waals surface area contributed by atoms with Crippen LogP contribution in [0.5, 0.6) is 0 Å². The molecule has 0 spiro atoms. The Balaban J connectivity index is 2.19. The minimum absolute atomic E-state index is 0.305. The van der Waals surface area contributed by atoms with Crippen molar-refractivity contribution in [2.75, 3.05) is 18.0 Å². The van der Waals surface area contributed by atoms with Gasteiger partial charge in [0.25, 0.3) is 0 Å². The van der Waals surface area contributed by atoms with Gasteiger partial charge in [-0.25, -0.2) is 9.37 Å². The highest BCUT2D eigenvalue weighted by atomic mass is 79.9. The van der Waals surface area contributed by atoms with Gasteiger partial charge in [0.05, 0.1) is 5.60 Å². The van der Waals surface area contributed by atoms with Crippen molar-refractivity contribution in [1.29, 1.82) is 0 Å². The first-order valence-corrected chi connectivity index (χ1v) is 5.06. The van der Waals surface area contributed by atoms with Crippen molar-refractivity contribution in [2.45, 2.75) is 12.5 Å². The zero-order valence-corrected chi connectivity index (χ0v) is 9.25. The molecule has 1 fully saturated rings. The zero-order valence-electron chi connectivity index (χ0n) is 7.67. The monoisotopic (exact) mass is 260 g/mol. The van der Waals surface area contributed by atoms with E-state index in [-0.39, 0.29) is 5.82 Å². The van der Waals surface area contributed by atoms with Gasteiger partial charge in [0.15, 0.2) is 11.6 Å². The summed E-state index contributed by atoms with van der Waals surface area (Å²) in [6.45, 7) is 2.58. The third-order valence-corrected chi connectivity index (χ3v) is 2.58. The van der Waals surface area contributed by atoms with Crippen LogP contribution in [0.3, 0.4) is 0 Å². The van der Waals surface area contributed by atoms with E-state index in [1.54, 1.807) is 18.0 Å². The maximum absolute atomic E-state index is 13.4. The standard InChI is InChI=1S/C9H10BrFN2O/c1-9(14)4-13(5-9)8-7(11)2-6(10)3-12-8/h2-3,14H,4-5H2,1H3. The average molecular weight is 261 g/mol. The smallest absolute Gasteiger partial charge is 0.166 e. The van der Waals surface area contributed by atoms with E-state index in [4.69, 9.17) is 0 Å². The number of aromatic nitrogens is 1. The summed E-state index contributed by atoms with van der Waals surface area (Å²) in [6, 6.07) is 1.37. The van der Waals surface area contributed by atoms with Gasteiger partial charge in [0, 0.05) is 23.8 Å². The lowest BCUT2D eigenvalue weighted by Gasteiger charge is -2.44. The highest BCUT2D eigenvalue weighted by Crippen LogP contribution is 2.28. The number of β-amino-alcohol motifs (C(OH)–C–C–N with tert-alkyl or cyclic N) is 1. The number of halogens is 2. The van der Waals surface area contributed by atoms with Gasteiger partial charge in [-0.3, -0.25) is 0 Å². The second-order valence-electron chi connectivity index (χ2n) is 3.81. The van der Waals surface area contributed by atoms with Crippen molar-refractivity contribution in [1.82, 2.24) is 4.98 Å². The molecule has 1 aliphatic rings. The molecule has 2 rings (SSSR count). The molecular weight excluding hydrogens is 251 g/mol. The largest absolute Gasteiger partial charge is 0.386 e. The Morgan fingerprint density at radius 1 is 1.64 bits per heavy atom. The van der Waals surface area contributed by atoms with Crippen LogP contribution < -0.4 is 4.90 Å². The summed E-state index contributed by atoms with van der Waals surface area (Å²) in [7, 11) is 0. The van der Waals surface area contributed by atoms with Gasteiger partial charge in [-0.05, 0) is 28.9 Å². The summed E-state index contributed by atoms with van der Waals surface area (Å²) < 4.78 is 14.0. The van der Waals surface area contributed by atoms with Crippen molar-refractivity contribution in [2.24, 2.45) is 0 Å². The van der Waals surface area contributed by atoms with Crippen LogP contribution in [0.25, 0.3) is 0 Å². The van der Waals surface area contributed by atoms with Crippen LogP contribution in [-0.4, -0.2) is 28.8 Å². The molecule has 1 aliphatic heterocycles. The quantitative estimate of drug-likeness (QED) is 0.833. The maximum atomic E-state index is 13.4. The van der Waals surface area contributed by atoms with Gasteiger partial charge >= 0.3 is 0 Å². The molecule has 0 aromatic carbocycles. The van der Waals surface area contributed by atoms with Crippen molar-refractivity contribution in [3.05, 3.63) is 22.6 Å². The van der Waals surface area contributed by atoms with Gasteiger partial charge in [-0.15, -0.1) is 0 Å². The number of nitrogens with zero attached hydrogens (tertiary/aromatic N) is 2. The lowest BCUT2D eigenvalue weighted by Crippen LogP contribution is -2.60. The average Bonchev–Trinajstić information content (AvgIpc) is 2.00. The Labute approximate surface area is 89.7 Å². The van der Waals surface area contributed by atoms with Crippen LogP contribution in [0, 0.1) is 5.82 Å². The summed E-state index contributed by atoms with van der Waals surface area (Å²) in [5.74, 6) is -0.0606. The molecule has 14 heavy (non-hydrogen) atoms. The van der Waals surface area contributed by atoms with E-state index >= 15 is 0 Å². The molecule has 2 heterocycles. The Morgan fingerprint density at radius 3 is 2.79 bits per heavy atom. The SMILES string of the molecule is CC1(O)CN(c2ncc(Br)cc2F)C1. The van der Waals surface area contributed by atoms with Crippen molar-refractivity contribution >= 4 is 21.7 Å². The first kappa shape index (κ1) is 9.86. The highest BCUT2D eigenvalue weighted by molar-refractivity contribution is 9.10. The van der Waals surface area contributed by atoms with E-state index in [9.17, 15) is 9.50 Å². The van der Waals surface area contributed by atoms with E-state index in [0.717, 1.165) is 0 Å². The molecule has 3 nitrogen and oxygen atoms in total. The molecule has 0 unspecified atom stereocenters. The van der Waals surface area contributed by atoms with Crippen molar-refractivity contribution in [3.63, 3.8) is 0 Å². The molecule has 1 aromatic rings. The fraction of sp³-hybridized carbons (Fsp3) is 0.444. The molecule has 1 N–H and O–H groups in total. The first-order valence-electron chi connectivity index (χ1n) is 4.26. The number of anilines is 1. The molecule has 5 heteroatoms. The maximum Gasteiger partial charge on any atom is 0.166 e. The van der Waals surface area contributed by atoms with Crippen LogP contribution in [-0.2, 0) is 0 Å².